The van der Waals surface area contributed by atoms with E-state index in [0.717, 1.165) is 23.5 Å². The van der Waals surface area contributed by atoms with Crippen LogP contribution in [0, 0.1) is 11.2 Å². The van der Waals surface area contributed by atoms with Crippen molar-refractivity contribution in [2.45, 2.75) is 95.2 Å². The molecule has 6 atom stereocenters. The third-order valence-corrected chi connectivity index (χ3v) is 14.5. The number of nitrogens with two attached hydrogens (primary N) is 1. The Kier molecular flexibility index (Phi) is 11.6. The van der Waals surface area contributed by atoms with E-state index in [1.54, 1.807) is 40.1 Å². The van der Waals surface area contributed by atoms with Crippen molar-refractivity contribution in [1.82, 2.24) is 20.1 Å². The molecule has 14 nitrogen and oxygen atoms in total. The number of hydrogen-bond donors (Lipinski definition) is 3. The number of carbonyl (C=O) groups is 5. The van der Waals surface area contributed by atoms with Crippen molar-refractivity contribution in [3.05, 3.63) is 111 Å². The highest BCUT2D eigenvalue weighted by molar-refractivity contribution is 6.30. The molecule has 3 saturated heterocycles. The van der Waals surface area contributed by atoms with Gasteiger partial charge in [-0.1, -0.05) is 44.5 Å². The van der Waals surface area contributed by atoms with E-state index in [1.807, 2.05) is 39.8 Å². The van der Waals surface area contributed by atoms with Crippen LogP contribution >= 0.6 is 11.6 Å². The van der Waals surface area contributed by atoms with Crippen LogP contribution in [0.15, 0.2) is 66.9 Å². The lowest BCUT2D eigenvalue weighted by Gasteiger charge is -2.42. The number of anilines is 3. The molecule has 5 aliphatic heterocycles. The SMILES string of the molecule is COc1cc(C(=O)N2CCN(c3ccc4c(c3)CN(C3CCC(=O)NC3=O)C4=O)C[C@H]2C)ccc1N1[C@@H](CC(C)(C)C)[C@@]2(CNc3cc(C(F)(F)F)ncc32)[C@@H](c2cccc(Cl)c2F)[C@@H]1C(N)=O. The van der Waals surface area contributed by atoms with Gasteiger partial charge in [0.05, 0.1) is 17.8 Å². The van der Waals surface area contributed by atoms with Gasteiger partial charge in [0.1, 0.15) is 29.3 Å². The minimum atomic E-state index is -4.75. The van der Waals surface area contributed by atoms with Gasteiger partial charge in [-0.05, 0) is 84.8 Å². The standard InChI is InChI=1S/C49H51ClF4N8O6/c1-25-22-59(28-10-11-29-27(17-28)23-61(46(29)67)35-13-14-39(63)58-44(35)65)15-16-60(25)45(66)26-9-12-34(36(18-26)68-5)62-38(20-47(2,3)4)48(24-57-33-19-37(49(52,53)54)56-21-31(33)48)40(42(62)43(55)64)30-7-6-8-32(50)41(30)51/h6-12,17-19,21,25,35,38,40,42,57H,13-16,20,22-24H2,1-5H3,(H2,55,64)(H,58,63,65)/t25-,35?,38+,40+,42-,48+/m1/s1. The summed E-state index contributed by atoms with van der Waals surface area (Å²) >= 11 is 6.40. The average molecular weight is 959 g/mol. The first-order valence-electron chi connectivity index (χ1n) is 22.5. The summed E-state index contributed by atoms with van der Waals surface area (Å²) in [4.78, 5) is 77.3. The van der Waals surface area contributed by atoms with Crippen molar-refractivity contribution in [3.8, 4) is 5.75 Å². The molecule has 9 rings (SSSR count). The smallest absolute Gasteiger partial charge is 0.433 e. The van der Waals surface area contributed by atoms with Crippen LogP contribution < -0.4 is 30.9 Å². The predicted molar refractivity (Wildman–Crippen MR) is 245 cm³/mol. The molecular formula is C49H51ClF4N8O6. The number of hydrogen-bond acceptors (Lipinski definition) is 10. The fourth-order valence-corrected chi connectivity index (χ4v) is 11.4. The maximum atomic E-state index is 16.5. The summed E-state index contributed by atoms with van der Waals surface area (Å²) in [5, 5.41) is 5.28. The lowest BCUT2D eigenvalue weighted by Crippen LogP contribution is -2.54. The Balaban J connectivity index is 1.03. The highest BCUT2D eigenvalue weighted by atomic mass is 35.5. The lowest BCUT2D eigenvalue weighted by molar-refractivity contribution is -0.141. The number of aromatic nitrogens is 1. The van der Waals surface area contributed by atoms with Crippen molar-refractivity contribution in [2.24, 2.45) is 11.1 Å². The van der Waals surface area contributed by atoms with Crippen LogP contribution in [0.2, 0.25) is 5.02 Å². The molecule has 4 aromatic rings. The topological polar surface area (TPSA) is 171 Å². The highest BCUT2D eigenvalue weighted by Crippen LogP contribution is 2.61. The summed E-state index contributed by atoms with van der Waals surface area (Å²) in [6.07, 6.45) is -2.83. The maximum absolute atomic E-state index is 16.5. The van der Waals surface area contributed by atoms with E-state index in [1.165, 1.54) is 24.1 Å². The lowest BCUT2D eigenvalue weighted by atomic mass is 9.63. The van der Waals surface area contributed by atoms with E-state index in [-0.39, 0.29) is 71.7 Å². The van der Waals surface area contributed by atoms with Crippen LogP contribution in [0.3, 0.4) is 0 Å². The highest BCUT2D eigenvalue weighted by Gasteiger charge is 2.66. The first-order valence-corrected chi connectivity index (χ1v) is 22.9. The van der Waals surface area contributed by atoms with Crippen molar-refractivity contribution < 1.29 is 46.3 Å². The molecule has 19 heteroatoms. The van der Waals surface area contributed by atoms with Gasteiger partial charge >= 0.3 is 6.18 Å². The number of fused-ring (bicyclic) bond motifs is 3. The second-order valence-corrected chi connectivity index (χ2v) is 20.0. The number of carbonyl (C=O) groups excluding carboxylic acids is 5. The largest absolute Gasteiger partial charge is 0.495 e. The zero-order valence-electron chi connectivity index (χ0n) is 38.0. The fraction of sp³-hybridized carbons (Fsp3) is 0.429. The maximum Gasteiger partial charge on any atom is 0.433 e. The Morgan fingerprint density at radius 1 is 1.03 bits per heavy atom. The molecule has 5 amide bonds. The second kappa shape index (κ2) is 17.0. The van der Waals surface area contributed by atoms with Gasteiger partial charge in [0.2, 0.25) is 17.7 Å². The van der Waals surface area contributed by atoms with E-state index < -0.39 is 64.4 Å². The number of halogens is 5. The number of imide groups is 1. The molecule has 3 fully saturated rings. The number of methoxy groups -OCH3 is 1. The number of piperidine rings is 1. The molecule has 1 spiro atoms. The Bertz CT molecular complexity index is 2770. The van der Waals surface area contributed by atoms with Crippen LogP contribution in [0.25, 0.3) is 0 Å². The number of amides is 5. The van der Waals surface area contributed by atoms with Crippen LogP contribution in [-0.4, -0.2) is 102 Å². The van der Waals surface area contributed by atoms with Gasteiger partial charge in [0.25, 0.3) is 11.8 Å². The quantitative estimate of drug-likeness (QED) is 0.129. The molecule has 3 aromatic carbocycles. The van der Waals surface area contributed by atoms with Gasteiger partial charge in [0.15, 0.2) is 0 Å². The predicted octanol–water partition coefficient (Wildman–Crippen LogP) is 6.64. The summed E-state index contributed by atoms with van der Waals surface area (Å²) in [5.41, 5.74) is 6.82. The molecule has 358 valence electrons. The third-order valence-electron chi connectivity index (χ3n) is 14.2. The number of piperazine rings is 1. The van der Waals surface area contributed by atoms with E-state index in [4.69, 9.17) is 22.1 Å². The van der Waals surface area contributed by atoms with Gasteiger partial charge in [0, 0.05) is 96.8 Å². The summed E-state index contributed by atoms with van der Waals surface area (Å²) in [6, 6.07) is 12.8. The Morgan fingerprint density at radius 2 is 1.79 bits per heavy atom. The number of primary amides is 1. The number of pyridine rings is 1. The van der Waals surface area contributed by atoms with Gasteiger partial charge in [-0.2, -0.15) is 13.2 Å². The van der Waals surface area contributed by atoms with Gasteiger partial charge < -0.3 is 35.4 Å². The molecule has 0 bridgehead atoms. The number of nitrogens with zero attached hydrogens (tertiary/aromatic N) is 5. The summed E-state index contributed by atoms with van der Waals surface area (Å²) in [6.45, 7) is 9.41. The van der Waals surface area contributed by atoms with E-state index >= 15 is 4.39 Å². The van der Waals surface area contributed by atoms with Gasteiger partial charge in [-0.15, -0.1) is 0 Å². The summed E-state index contributed by atoms with van der Waals surface area (Å²) in [5.74, 6) is -3.88. The molecule has 0 aliphatic carbocycles. The normalized spacial score (nSPS) is 24.9. The van der Waals surface area contributed by atoms with Crippen molar-refractivity contribution in [2.75, 3.05) is 48.4 Å². The molecular weight excluding hydrogens is 908 g/mol. The van der Waals surface area contributed by atoms with Crippen LogP contribution in [-0.2, 0) is 32.5 Å². The van der Waals surface area contributed by atoms with Gasteiger partial charge in [-0.3, -0.25) is 34.3 Å². The number of alkyl halides is 3. The van der Waals surface area contributed by atoms with Crippen LogP contribution in [0.4, 0.5) is 34.6 Å². The monoisotopic (exact) mass is 958 g/mol. The minimum Gasteiger partial charge on any atom is -0.495 e. The van der Waals surface area contributed by atoms with E-state index in [9.17, 15) is 37.1 Å². The second-order valence-electron chi connectivity index (χ2n) is 19.6. The molecule has 6 heterocycles. The molecule has 0 radical (unpaired) electrons. The van der Waals surface area contributed by atoms with Crippen molar-refractivity contribution in [1.29, 1.82) is 0 Å². The first-order chi connectivity index (χ1) is 32.1. The van der Waals surface area contributed by atoms with Crippen LogP contribution in [0.5, 0.6) is 5.75 Å². The number of benzene rings is 3. The Morgan fingerprint density at radius 3 is 2.47 bits per heavy atom. The number of nitrogens with one attached hydrogen (secondary N) is 2. The van der Waals surface area contributed by atoms with Crippen molar-refractivity contribution >= 4 is 58.2 Å². The molecule has 5 aliphatic rings. The average Bonchev–Trinajstić information content (AvgIpc) is 3.92. The minimum absolute atomic E-state index is 0.00386. The van der Waals surface area contributed by atoms with Crippen LogP contribution in [0.1, 0.15) is 96.0 Å². The Labute approximate surface area is 395 Å². The first kappa shape index (κ1) is 46.7. The molecule has 0 saturated carbocycles. The third kappa shape index (κ3) is 7.83. The molecule has 1 aromatic heterocycles. The molecule has 1 unspecified atom stereocenters. The zero-order chi connectivity index (χ0) is 48.8. The van der Waals surface area contributed by atoms with E-state index in [0.29, 0.717) is 48.4 Å². The van der Waals surface area contributed by atoms with E-state index in [2.05, 4.69) is 20.5 Å². The summed E-state index contributed by atoms with van der Waals surface area (Å²) < 4.78 is 64.7. The Hall–Kier alpha value is -6.43. The number of ether oxygens (including phenoxy) is 1. The summed E-state index contributed by atoms with van der Waals surface area (Å²) in [7, 11) is 1.43. The molecule has 4 N–H and O–H groups in total. The fourth-order valence-electron chi connectivity index (χ4n) is 11.3. The number of rotatable bonds is 8. The van der Waals surface area contributed by atoms with Gasteiger partial charge in [-0.25, -0.2) is 4.39 Å². The zero-order valence-corrected chi connectivity index (χ0v) is 38.8. The van der Waals surface area contributed by atoms with Crippen molar-refractivity contribution in [3.63, 3.8) is 0 Å². The molecule has 68 heavy (non-hydrogen) atoms.